The number of nitrogens with two attached hydrogens (primary N) is 1. The van der Waals surface area contributed by atoms with Gasteiger partial charge in [-0.3, -0.25) is 19.2 Å². The molecular weight excluding hydrogens is 503 g/mol. The highest BCUT2D eigenvalue weighted by Gasteiger charge is 2.63. The van der Waals surface area contributed by atoms with Crippen LogP contribution in [0.25, 0.3) is 5.76 Å². The molecule has 0 aliphatic heterocycles. The van der Waals surface area contributed by atoms with Crippen molar-refractivity contribution in [3.8, 4) is 5.75 Å². The van der Waals surface area contributed by atoms with Gasteiger partial charge in [0.2, 0.25) is 11.7 Å². The maximum Gasteiger partial charge on any atom is 0.255 e. The standard InChI is InChI=1S/C25H29FN4O8/c1-8(2)29-7-14(31)30-13-6-12(26)10-4-9-5-11-18(28-3)21(34)17(24(27)37)23(36)25(11,38)22(35)15(9)20(33)16(10)19(13)32/h6,8-9,11,18,28-29,32-33,36,38H,4-5,7H2,1-3H3,(H2,27,37)(H,30,31)/t9-,11-,18-,25-/m0/s1. The Labute approximate surface area is 216 Å². The van der Waals surface area contributed by atoms with Gasteiger partial charge >= 0.3 is 0 Å². The van der Waals surface area contributed by atoms with Crippen LogP contribution >= 0.6 is 0 Å². The van der Waals surface area contributed by atoms with E-state index in [9.17, 15) is 39.6 Å². The number of benzene rings is 1. The number of anilines is 1. The third kappa shape index (κ3) is 3.94. The molecule has 1 aromatic rings. The van der Waals surface area contributed by atoms with Crippen LogP contribution in [-0.2, 0) is 25.6 Å². The van der Waals surface area contributed by atoms with E-state index in [1.165, 1.54) is 7.05 Å². The van der Waals surface area contributed by atoms with Crippen molar-refractivity contribution in [1.82, 2.24) is 10.6 Å². The van der Waals surface area contributed by atoms with Crippen LogP contribution < -0.4 is 21.7 Å². The highest BCUT2D eigenvalue weighted by Crippen LogP contribution is 2.53. The minimum atomic E-state index is -2.80. The van der Waals surface area contributed by atoms with E-state index in [2.05, 4.69) is 16.0 Å². The largest absolute Gasteiger partial charge is 0.508 e. The number of aliphatic hydroxyl groups excluding tert-OH is 2. The minimum absolute atomic E-state index is 0.0228. The molecule has 3 aliphatic rings. The lowest BCUT2D eigenvalue weighted by molar-refractivity contribution is -0.150. The molecule has 12 nitrogen and oxygen atoms in total. The van der Waals surface area contributed by atoms with Crippen LogP contribution in [-0.4, -0.2) is 75.1 Å². The number of carbonyl (C=O) groups excluding carboxylic acids is 4. The Morgan fingerprint density at radius 1 is 1.24 bits per heavy atom. The van der Waals surface area contributed by atoms with E-state index in [4.69, 9.17) is 5.73 Å². The lowest BCUT2D eigenvalue weighted by Gasteiger charge is -2.48. The number of phenolic OH excluding ortho intramolecular Hbond substituents is 1. The lowest BCUT2D eigenvalue weighted by Crippen LogP contribution is -2.65. The summed E-state index contributed by atoms with van der Waals surface area (Å²) in [6, 6.07) is -0.414. The second-order valence-electron chi connectivity index (χ2n) is 10.0. The van der Waals surface area contributed by atoms with Gasteiger partial charge in [-0.05, 0) is 25.8 Å². The average Bonchev–Trinajstić information content (AvgIpc) is 2.83. The normalized spacial score (nSPS) is 26.7. The number of hydrogen-bond acceptors (Lipinski definition) is 10. The second-order valence-corrected chi connectivity index (χ2v) is 10.0. The summed E-state index contributed by atoms with van der Waals surface area (Å²) in [5.41, 5.74) is 0.146. The fraction of sp³-hybridized carbons (Fsp3) is 0.440. The fourth-order valence-electron chi connectivity index (χ4n) is 5.62. The number of amides is 2. The first-order valence-electron chi connectivity index (χ1n) is 12.0. The number of halogens is 1. The van der Waals surface area contributed by atoms with Gasteiger partial charge in [-0.15, -0.1) is 0 Å². The monoisotopic (exact) mass is 532 g/mol. The Morgan fingerprint density at radius 3 is 2.47 bits per heavy atom. The Hall–Kier alpha value is -3.81. The SMILES string of the molecule is CN[C@@H]1C(=O)C(C(N)=O)=C(O)[C@@]2(O)C(=O)C3=C(O)c4c(O)c(NC(=O)CNC(C)C)cc(F)c4C[C@H]3C[C@@H]12. The number of ketones is 2. The number of carbonyl (C=O) groups is 4. The summed E-state index contributed by atoms with van der Waals surface area (Å²) < 4.78 is 15.2. The van der Waals surface area contributed by atoms with Gasteiger partial charge in [0.1, 0.15) is 22.9 Å². The molecule has 2 amide bonds. The van der Waals surface area contributed by atoms with Crippen molar-refractivity contribution in [2.24, 2.45) is 17.6 Å². The van der Waals surface area contributed by atoms with E-state index < -0.39 is 86.7 Å². The van der Waals surface area contributed by atoms with Crippen LogP contribution in [0.1, 0.15) is 31.4 Å². The number of primary amides is 1. The van der Waals surface area contributed by atoms with E-state index in [1.54, 1.807) is 0 Å². The van der Waals surface area contributed by atoms with Gasteiger partial charge in [-0.25, -0.2) is 4.39 Å². The summed E-state index contributed by atoms with van der Waals surface area (Å²) in [5.74, 6) is -9.92. The predicted octanol–water partition coefficient (Wildman–Crippen LogP) is -0.303. The van der Waals surface area contributed by atoms with Crippen LogP contribution in [0.2, 0.25) is 0 Å². The minimum Gasteiger partial charge on any atom is -0.508 e. The van der Waals surface area contributed by atoms with Crippen LogP contribution in [0, 0.1) is 17.7 Å². The fourth-order valence-corrected chi connectivity index (χ4v) is 5.62. The van der Waals surface area contributed by atoms with Gasteiger partial charge in [0.25, 0.3) is 5.91 Å². The van der Waals surface area contributed by atoms with Crippen molar-refractivity contribution in [1.29, 1.82) is 0 Å². The number of aromatic hydroxyl groups is 1. The number of aliphatic hydroxyl groups is 3. The van der Waals surface area contributed by atoms with Crippen molar-refractivity contribution >= 4 is 34.8 Å². The van der Waals surface area contributed by atoms with Crippen LogP contribution in [0.15, 0.2) is 23.0 Å². The molecular formula is C25H29FN4O8. The van der Waals surface area contributed by atoms with Gasteiger partial charge in [-0.2, -0.15) is 0 Å². The zero-order valence-corrected chi connectivity index (χ0v) is 20.9. The highest BCUT2D eigenvalue weighted by molar-refractivity contribution is 6.24. The number of likely N-dealkylation sites (N-methyl/N-ethyl adjacent to an activating group) is 1. The molecule has 38 heavy (non-hydrogen) atoms. The van der Waals surface area contributed by atoms with Crippen molar-refractivity contribution in [3.63, 3.8) is 0 Å². The Bertz CT molecular complexity index is 1340. The number of nitrogens with one attached hydrogen (secondary N) is 3. The third-order valence-electron chi connectivity index (χ3n) is 7.40. The number of phenols is 1. The molecule has 1 aromatic carbocycles. The molecule has 1 saturated carbocycles. The predicted molar refractivity (Wildman–Crippen MR) is 131 cm³/mol. The van der Waals surface area contributed by atoms with E-state index in [0.717, 1.165) is 6.07 Å². The van der Waals surface area contributed by atoms with Crippen molar-refractivity contribution in [2.45, 2.75) is 44.4 Å². The van der Waals surface area contributed by atoms with Gasteiger partial charge in [0.15, 0.2) is 17.1 Å². The summed E-state index contributed by atoms with van der Waals surface area (Å²) in [4.78, 5) is 50.7. The maximum absolute atomic E-state index is 15.2. The molecule has 4 rings (SSSR count). The molecule has 0 radical (unpaired) electrons. The Balaban J connectivity index is 1.84. The van der Waals surface area contributed by atoms with Crippen molar-refractivity contribution < 1.29 is 44.0 Å². The molecule has 0 aromatic heterocycles. The molecule has 204 valence electrons. The molecule has 0 bridgehead atoms. The summed E-state index contributed by atoms with van der Waals surface area (Å²) >= 11 is 0. The van der Waals surface area contributed by atoms with E-state index in [1.807, 2.05) is 13.8 Å². The molecule has 1 fully saturated rings. The van der Waals surface area contributed by atoms with Crippen LogP contribution in [0.3, 0.4) is 0 Å². The van der Waals surface area contributed by atoms with Crippen molar-refractivity contribution in [3.05, 3.63) is 39.9 Å². The molecule has 9 N–H and O–H groups in total. The van der Waals surface area contributed by atoms with Crippen molar-refractivity contribution in [2.75, 3.05) is 18.9 Å². The van der Waals surface area contributed by atoms with Gasteiger partial charge < -0.3 is 42.1 Å². The zero-order chi connectivity index (χ0) is 28.3. The second kappa shape index (κ2) is 9.49. The summed E-state index contributed by atoms with van der Waals surface area (Å²) in [7, 11) is 1.36. The first-order valence-corrected chi connectivity index (χ1v) is 12.0. The summed E-state index contributed by atoms with van der Waals surface area (Å²) in [6.07, 6.45) is -0.374. The molecule has 13 heteroatoms. The molecule has 0 unspecified atom stereocenters. The number of Topliss-reactive ketones (excluding diaryl/α,β-unsaturated/α-hetero) is 2. The zero-order valence-electron chi connectivity index (χ0n) is 20.9. The highest BCUT2D eigenvalue weighted by atomic mass is 19.1. The summed E-state index contributed by atoms with van der Waals surface area (Å²) in [5, 5.41) is 52.1. The molecule has 4 atom stereocenters. The Morgan fingerprint density at radius 2 is 1.89 bits per heavy atom. The number of rotatable bonds is 6. The maximum atomic E-state index is 15.2. The third-order valence-corrected chi connectivity index (χ3v) is 7.40. The van der Waals surface area contributed by atoms with Gasteiger partial charge in [0.05, 0.1) is 23.8 Å². The van der Waals surface area contributed by atoms with Gasteiger partial charge in [0, 0.05) is 29.2 Å². The lowest BCUT2D eigenvalue weighted by atomic mass is 9.57. The molecule has 0 heterocycles. The molecule has 3 aliphatic carbocycles. The summed E-state index contributed by atoms with van der Waals surface area (Å²) in [6.45, 7) is 3.48. The quantitative estimate of drug-likeness (QED) is 0.177. The number of fused-ring (bicyclic) bond motifs is 3. The Kier molecular flexibility index (Phi) is 6.80. The average molecular weight is 533 g/mol. The van der Waals surface area contributed by atoms with E-state index in [-0.39, 0.29) is 36.7 Å². The first-order chi connectivity index (χ1) is 17.7. The van der Waals surface area contributed by atoms with E-state index >= 15 is 4.39 Å². The number of hydrogen-bond donors (Lipinski definition) is 8. The van der Waals surface area contributed by atoms with Crippen LogP contribution in [0.4, 0.5) is 10.1 Å². The van der Waals surface area contributed by atoms with E-state index in [0.29, 0.717) is 0 Å². The first kappa shape index (κ1) is 27.2. The smallest absolute Gasteiger partial charge is 0.255 e. The van der Waals surface area contributed by atoms with Crippen LogP contribution in [0.5, 0.6) is 5.75 Å². The molecule has 0 spiro atoms. The van der Waals surface area contributed by atoms with Gasteiger partial charge in [-0.1, -0.05) is 13.8 Å². The molecule has 0 saturated heterocycles. The topological polar surface area (TPSA) is 211 Å².